The van der Waals surface area contributed by atoms with Gasteiger partial charge in [0.1, 0.15) is 0 Å². The zero-order chi connectivity index (χ0) is 17.0. The SMILES string of the molecule is CCC[C@]1(C(=O)O)CCN(Cc2cccc(C(=O)O)c2)C[C@@H]1O. The molecule has 0 saturated carbocycles. The van der Waals surface area contributed by atoms with E-state index in [1.165, 1.54) is 6.07 Å². The van der Waals surface area contributed by atoms with E-state index >= 15 is 0 Å². The van der Waals surface area contributed by atoms with Crippen molar-refractivity contribution in [1.29, 1.82) is 0 Å². The summed E-state index contributed by atoms with van der Waals surface area (Å²) < 4.78 is 0. The number of aliphatic hydroxyl groups excluding tert-OH is 1. The molecule has 0 bridgehead atoms. The van der Waals surface area contributed by atoms with Crippen LogP contribution in [0.25, 0.3) is 0 Å². The number of benzene rings is 1. The number of β-amino-alcohol motifs (C(OH)–C–C–N with tert-alkyl or cyclic N) is 1. The van der Waals surface area contributed by atoms with Crippen LogP contribution < -0.4 is 0 Å². The van der Waals surface area contributed by atoms with Gasteiger partial charge in [-0.25, -0.2) is 4.79 Å². The second kappa shape index (κ2) is 7.10. The number of aliphatic carboxylic acids is 1. The third kappa shape index (κ3) is 3.71. The molecule has 1 aromatic carbocycles. The van der Waals surface area contributed by atoms with Gasteiger partial charge in [-0.1, -0.05) is 25.5 Å². The highest BCUT2D eigenvalue weighted by Crippen LogP contribution is 2.37. The molecule has 2 rings (SSSR count). The Morgan fingerprint density at radius 1 is 1.35 bits per heavy atom. The molecule has 0 radical (unpaired) electrons. The molecule has 0 spiro atoms. The van der Waals surface area contributed by atoms with E-state index in [9.17, 15) is 19.8 Å². The molecule has 0 aromatic heterocycles. The summed E-state index contributed by atoms with van der Waals surface area (Å²) in [6, 6.07) is 6.68. The summed E-state index contributed by atoms with van der Waals surface area (Å²) in [7, 11) is 0. The van der Waals surface area contributed by atoms with Crippen LogP contribution in [0, 0.1) is 5.41 Å². The van der Waals surface area contributed by atoms with Crippen LogP contribution in [-0.4, -0.2) is 51.4 Å². The van der Waals surface area contributed by atoms with Gasteiger partial charge >= 0.3 is 11.9 Å². The largest absolute Gasteiger partial charge is 0.481 e. The standard InChI is InChI=1S/C17H23NO5/c1-2-6-17(16(22)23)7-8-18(11-14(17)19)10-12-4-3-5-13(9-12)15(20)21/h3-5,9,14,19H,2,6-8,10-11H2,1H3,(H,20,21)(H,22,23)/t14-,17-/m0/s1. The lowest BCUT2D eigenvalue weighted by Gasteiger charge is -2.42. The first-order valence-electron chi connectivity index (χ1n) is 7.85. The average molecular weight is 321 g/mol. The Morgan fingerprint density at radius 3 is 2.65 bits per heavy atom. The molecule has 3 N–H and O–H groups in total. The maximum absolute atomic E-state index is 11.6. The van der Waals surface area contributed by atoms with E-state index in [-0.39, 0.29) is 12.1 Å². The second-order valence-electron chi connectivity index (χ2n) is 6.22. The Balaban J connectivity index is 2.07. The van der Waals surface area contributed by atoms with Crippen LogP contribution in [0.4, 0.5) is 0 Å². The van der Waals surface area contributed by atoms with E-state index in [1.54, 1.807) is 12.1 Å². The smallest absolute Gasteiger partial charge is 0.335 e. The van der Waals surface area contributed by atoms with Crippen molar-refractivity contribution < 1.29 is 24.9 Å². The van der Waals surface area contributed by atoms with Crippen molar-refractivity contribution in [1.82, 2.24) is 4.90 Å². The van der Waals surface area contributed by atoms with Crippen LogP contribution in [0.3, 0.4) is 0 Å². The minimum atomic E-state index is -1.06. The minimum Gasteiger partial charge on any atom is -0.481 e. The number of likely N-dealkylation sites (tertiary alicyclic amines) is 1. The maximum Gasteiger partial charge on any atom is 0.335 e. The van der Waals surface area contributed by atoms with Crippen molar-refractivity contribution in [3.63, 3.8) is 0 Å². The van der Waals surface area contributed by atoms with Gasteiger partial charge in [-0.15, -0.1) is 0 Å². The van der Waals surface area contributed by atoms with Crippen molar-refractivity contribution in [3.8, 4) is 0 Å². The molecule has 0 aliphatic carbocycles. The highest BCUT2D eigenvalue weighted by molar-refractivity contribution is 5.87. The third-order valence-electron chi connectivity index (χ3n) is 4.65. The second-order valence-corrected chi connectivity index (χ2v) is 6.22. The Morgan fingerprint density at radius 2 is 2.09 bits per heavy atom. The summed E-state index contributed by atoms with van der Waals surface area (Å²) in [5, 5.41) is 28.9. The summed E-state index contributed by atoms with van der Waals surface area (Å²) in [5.74, 6) is -1.90. The van der Waals surface area contributed by atoms with Crippen molar-refractivity contribution in [2.45, 2.75) is 38.8 Å². The highest BCUT2D eigenvalue weighted by Gasteiger charge is 2.47. The molecule has 0 unspecified atom stereocenters. The summed E-state index contributed by atoms with van der Waals surface area (Å²) in [6.45, 7) is 3.27. The number of piperidine rings is 1. The van der Waals surface area contributed by atoms with Gasteiger partial charge < -0.3 is 15.3 Å². The summed E-state index contributed by atoms with van der Waals surface area (Å²) in [4.78, 5) is 24.6. The number of hydrogen-bond acceptors (Lipinski definition) is 4. The lowest BCUT2D eigenvalue weighted by Crippen LogP contribution is -2.54. The molecule has 6 heteroatoms. The molecule has 0 amide bonds. The fraction of sp³-hybridized carbons (Fsp3) is 0.529. The van der Waals surface area contributed by atoms with Crippen LogP contribution in [0.2, 0.25) is 0 Å². The van der Waals surface area contributed by atoms with Crippen LogP contribution in [-0.2, 0) is 11.3 Å². The van der Waals surface area contributed by atoms with Crippen molar-refractivity contribution >= 4 is 11.9 Å². The molecule has 126 valence electrons. The number of carboxylic acids is 2. The van der Waals surface area contributed by atoms with E-state index in [1.807, 2.05) is 17.9 Å². The number of nitrogens with zero attached hydrogens (tertiary/aromatic N) is 1. The number of aromatic carboxylic acids is 1. The van der Waals surface area contributed by atoms with Gasteiger partial charge in [0.15, 0.2) is 0 Å². The van der Waals surface area contributed by atoms with Gasteiger partial charge in [0.25, 0.3) is 0 Å². The maximum atomic E-state index is 11.6. The third-order valence-corrected chi connectivity index (χ3v) is 4.65. The molecule has 23 heavy (non-hydrogen) atoms. The van der Waals surface area contributed by atoms with Gasteiger partial charge in [-0.05, 0) is 37.1 Å². The van der Waals surface area contributed by atoms with Gasteiger partial charge in [-0.2, -0.15) is 0 Å². The normalized spacial score (nSPS) is 25.2. The molecule has 1 saturated heterocycles. The van der Waals surface area contributed by atoms with Gasteiger partial charge in [0, 0.05) is 13.1 Å². The predicted molar refractivity (Wildman–Crippen MR) is 84.3 cm³/mol. The molecule has 1 heterocycles. The van der Waals surface area contributed by atoms with Crippen molar-refractivity contribution in [2.24, 2.45) is 5.41 Å². The zero-order valence-electron chi connectivity index (χ0n) is 13.2. The van der Waals surface area contributed by atoms with E-state index in [2.05, 4.69) is 0 Å². The van der Waals surface area contributed by atoms with Gasteiger partial charge in [0.05, 0.1) is 17.1 Å². The van der Waals surface area contributed by atoms with Gasteiger partial charge in [0.2, 0.25) is 0 Å². The average Bonchev–Trinajstić information content (AvgIpc) is 2.50. The molecule has 1 aliphatic heterocycles. The Kier molecular flexibility index (Phi) is 5.38. The molecular formula is C17H23NO5. The Labute approximate surface area is 135 Å². The van der Waals surface area contributed by atoms with Crippen LogP contribution in [0.5, 0.6) is 0 Å². The lowest BCUT2D eigenvalue weighted by molar-refractivity contribution is -0.164. The molecule has 1 fully saturated rings. The molecule has 2 atom stereocenters. The van der Waals surface area contributed by atoms with Crippen LogP contribution in [0.1, 0.15) is 42.1 Å². The Bertz CT molecular complexity index is 588. The quantitative estimate of drug-likeness (QED) is 0.739. The molecule has 1 aromatic rings. The first-order chi connectivity index (χ1) is 10.9. The number of carboxylic acid groups (broad SMARTS) is 2. The van der Waals surface area contributed by atoms with Crippen LogP contribution >= 0.6 is 0 Å². The summed E-state index contributed by atoms with van der Waals surface area (Å²) in [5.41, 5.74) is 0.00934. The first-order valence-corrected chi connectivity index (χ1v) is 7.85. The Hall–Kier alpha value is -1.92. The number of rotatable bonds is 6. The van der Waals surface area contributed by atoms with E-state index in [0.717, 1.165) is 5.56 Å². The van der Waals surface area contributed by atoms with Crippen LogP contribution in [0.15, 0.2) is 24.3 Å². The topological polar surface area (TPSA) is 98.1 Å². The zero-order valence-corrected chi connectivity index (χ0v) is 13.2. The molecular weight excluding hydrogens is 298 g/mol. The van der Waals surface area contributed by atoms with Crippen molar-refractivity contribution in [2.75, 3.05) is 13.1 Å². The minimum absolute atomic E-state index is 0.228. The fourth-order valence-electron chi connectivity index (χ4n) is 3.33. The monoisotopic (exact) mass is 321 g/mol. The first kappa shape index (κ1) is 17.4. The van der Waals surface area contributed by atoms with E-state index < -0.39 is 23.5 Å². The summed E-state index contributed by atoms with van der Waals surface area (Å²) in [6.07, 6.45) is 0.655. The lowest BCUT2D eigenvalue weighted by atomic mass is 9.73. The summed E-state index contributed by atoms with van der Waals surface area (Å²) >= 11 is 0. The highest BCUT2D eigenvalue weighted by atomic mass is 16.4. The molecule has 1 aliphatic rings. The van der Waals surface area contributed by atoms with E-state index in [0.29, 0.717) is 32.4 Å². The fourth-order valence-corrected chi connectivity index (χ4v) is 3.33. The van der Waals surface area contributed by atoms with Gasteiger partial charge in [-0.3, -0.25) is 9.69 Å². The number of aliphatic hydroxyl groups is 1. The van der Waals surface area contributed by atoms with E-state index in [4.69, 9.17) is 5.11 Å². The van der Waals surface area contributed by atoms with Crippen molar-refractivity contribution in [3.05, 3.63) is 35.4 Å². The number of carbonyl (C=O) groups is 2. The molecule has 6 nitrogen and oxygen atoms in total. The number of hydrogen-bond donors (Lipinski definition) is 3. The predicted octanol–water partition coefficient (Wildman–Crippen LogP) is 1.82.